The average molecular weight is 250 g/mol. The molecule has 1 amide bonds. The Bertz CT molecular complexity index is 416. The zero-order chi connectivity index (χ0) is 12.8. The molecule has 1 aromatic carbocycles. The predicted octanol–water partition coefficient (Wildman–Crippen LogP) is 3.09. The number of rotatable bonds is 3. The third kappa shape index (κ3) is 3.60. The molecule has 0 aliphatic heterocycles. The summed E-state index contributed by atoms with van der Waals surface area (Å²) >= 11 is 1.48. The van der Waals surface area contributed by atoms with Gasteiger partial charge in [0.25, 0.3) is 0 Å². The van der Waals surface area contributed by atoms with E-state index in [1.54, 1.807) is 4.90 Å². The first-order valence-corrected chi connectivity index (χ1v) is 6.74. The molecule has 0 saturated carbocycles. The van der Waals surface area contributed by atoms with Gasteiger partial charge in [0.05, 0.1) is 5.69 Å². The van der Waals surface area contributed by atoms with Crippen LogP contribution in [-0.2, 0) is 4.79 Å². The minimum absolute atomic E-state index is 0.170. The van der Waals surface area contributed by atoms with Gasteiger partial charge in [0.15, 0.2) is 5.17 Å². The van der Waals surface area contributed by atoms with Crippen LogP contribution in [-0.4, -0.2) is 23.9 Å². The number of aliphatic imine (C=N–C) groups is 1. The summed E-state index contributed by atoms with van der Waals surface area (Å²) < 4.78 is 0. The van der Waals surface area contributed by atoms with Crippen molar-refractivity contribution in [3.8, 4) is 0 Å². The smallest absolute Gasteiger partial charge is 0.220 e. The first-order valence-electron chi connectivity index (χ1n) is 5.52. The fourth-order valence-electron chi connectivity index (χ4n) is 1.47. The lowest BCUT2D eigenvalue weighted by Crippen LogP contribution is -2.28. The maximum Gasteiger partial charge on any atom is 0.220 e. The molecule has 0 unspecified atom stereocenters. The van der Waals surface area contributed by atoms with Gasteiger partial charge >= 0.3 is 0 Å². The number of nitrogens with zero attached hydrogens (tertiary/aromatic N) is 2. The van der Waals surface area contributed by atoms with Crippen molar-refractivity contribution in [2.24, 2.45) is 4.99 Å². The number of aryl methyl sites for hydroxylation is 1. The predicted molar refractivity (Wildman–Crippen MR) is 75.8 cm³/mol. The van der Waals surface area contributed by atoms with Crippen molar-refractivity contribution in [2.75, 3.05) is 11.2 Å². The number of anilines is 1. The molecule has 92 valence electrons. The SMILES string of the molecule is CS/C(=N\C(C)C)N(C=O)c1ccccc1C. The summed E-state index contributed by atoms with van der Waals surface area (Å²) in [5, 5.41) is 0.726. The molecule has 0 fully saturated rings. The van der Waals surface area contributed by atoms with Gasteiger partial charge in [0, 0.05) is 6.04 Å². The molecule has 1 aromatic rings. The standard InChI is InChI=1S/C13H18N2OS/c1-10(2)14-13(17-4)15(9-16)12-8-6-5-7-11(12)3/h5-10H,1-4H3/b14-13-. The maximum absolute atomic E-state index is 11.3. The number of amides is 1. The van der Waals surface area contributed by atoms with Gasteiger partial charge in [0.2, 0.25) is 6.41 Å². The molecule has 0 N–H and O–H groups in total. The Balaban J connectivity index is 3.15. The number of carbonyl (C=O) groups is 1. The van der Waals surface area contributed by atoms with Crippen molar-refractivity contribution in [3.05, 3.63) is 29.8 Å². The summed E-state index contributed by atoms with van der Waals surface area (Å²) in [6.07, 6.45) is 2.75. The van der Waals surface area contributed by atoms with Gasteiger partial charge < -0.3 is 0 Å². The van der Waals surface area contributed by atoms with E-state index in [2.05, 4.69) is 4.99 Å². The summed E-state index contributed by atoms with van der Waals surface area (Å²) in [5.74, 6) is 0. The third-order valence-electron chi connectivity index (χ3n) is 2.24. The average Bonchev–Trinajstić information content (AvgIpc) is 2.30. The van der Waals surface area contributed by atoms with Gasteiger partial charge in [0.1, 0.15) is 0 Å². The van der Waals surface area contributed by atoms with Crippen molar-refractivity contribution in [2.45, 2.75) is 26.8 Å². The zero-order valence-corrected chi connectivity index (χ0v) is 11.5. The molecule has 17 heavy (non-hydrogen) atoms. The normalized spacial score (nSPS) is 11.7. The number of thioether (sulfide) groups is 1. The second kappa shape index (κ2) is 6.45. The summed E-state index contributed by atoms with van der Waals surface area (Å²) in [4.78, 5) is 17.3. The van der Waals surface area contributed by atoms with Crippen LogP contribution in [0.25, 0.3) is 0 Å². The lowest BCUT2D eigenvalue weighted by molar-refractivity contribution is -0.106. The fraction of sp³-hybridized carbons (Fsp3) is 0.385. The lowest BCUT2D eigenvalue weighted by Gasteiger charge is -2.20. The first kappa shape index (κ1) is 13.8. The molecule has 0 aromatic heterocycles. The monoisotopic (exact) mass is 250 g/mol. The second-order valence-corrected chi connectivity index (χ2v) is 4.74. The minimum Gasteiger partial charge on any atom is -0.278 e. The number of hydrogen-bond donors (Lipinski definition) is 0. The zero-order valence-electron chi connectivity index (χ0n) is 10.7. The second-order valence-electron chi connectivity index (χ2n) is 3.97. The highest BCUT2D eigenvalue weighted by molar-refractivity contribution is 8.13. The molecule has 3 nitrogen and oxygen atoms in total. The molecule has 1 rings (SSSR count). The molecule has 0 heterocycles. The van der Waals surface area contributed by atoms with E-state index in [9.17, 15) is 4.79 Å². The van der Waals surface area contributed by atoms with Crippen LogP contribution in [0.5, 0.6) is 0 Å². The number of hydrogen-bond acceptors (Lipinski definition) is 3. The topological polar surface area (TPSA) is 32.7 Å². The van der Waals surface area contributed by atoms with Crippen LogP contribution >= 0.6 is 11.8 Å². The Labute approximate surface area is 107 Å². The third-order valence-corrected chi connectivity index (χ3v) is 2.90. The van der Waals surface area contributed by atoms with E-state index in [1.807, 2.05) is 51.3 Å². The quantitative estimate of drug-likeness (QED) is 0.469. The van der Waals surface area contributed by atoms with Crippen LogP contribution in [0.15, 0.2) is 29.3 Å². The van der Waals surface area contributed by atoms with E-state index in [4.69, 9.17) is 0 Å². The molecule has 4 heteroatoms. The Morgan fingerprint density at radius 2 is 2.06 bits per heavy atom. The van der Waals surface area contributed by atoms with Gasteiger partial charge in [-0.05, 0) is 38.7 Å². The van der Waals surface area contributed by atoms with Crippen LogP contribution in [0.2, 0.25) is 0 Å². The Kier molecular flexibility index (Phi) is 5.22. The molecule has 0 radical (unpaired) electrons. The van der Waals surface area contributed by atoms with E-state index in [0.29, 0.717) is 0 Å². The summed E-state index contributed by atoms with van der Waals surface area (Å²) in [6.45, 7) is 5.98. The van der Waals surface area contributed by atoms with E-state index >= 15 is 0 Å². The Morgan fingerprint density at radius 1 is 1.41 bits per heavy atom. The first-order chi connectivity index (χ1) is 8.10. The molecule has 0 bridgehead atoms. The van der Waals surface area contributed by atoms with Crippen molar-refractivity contribution < 1.29 is 4.79 Å². The lowest BCUT2D eigenvalue weighted by atomic mass is 10.2. The summed E-state index contributed by atoms with van der Waals surface area (Å²) in [7, 11) is 0. The number of amidine groups is 1. The Hall–Kier alpha value is -1.29. The van der Waals surface area contributed by atoms with Crippen LogP contribution in [0.1, 0.15) is 19.4 Å². The van der Waals surface area contributed by atoms with E-state index in [-0.39, 0.29) is 6.04 Å². The van der Waals surface area contributed by atoms with Crippen molar-refractivity contribution in [3.63, 3.8) is 0 Å². The minimum atomic E-state index is 0.170. The molecule has 0 spiro atoms. The number of benzene rings is 1. The van der Waals surface area contributed by atoms with Crippen LogP contribution in [0.4, 0.5) is 5.69 Å². The van der Waals surface area contributed by atoms with Crippen molar-refractivity contribution in [1.29, 1.82) is 0 Å². The van der Waals surface area contributed by atoms with Crippen LogP contribution < -0.4 is 4.90 Å². The molecular formula is C13H18N2OS. The van der Waals surface area contributed by atoms with Gasteiger partial charge in [-0.1, -0.05) is 30.0 Å². The van der Waals surface area contributed by atoms with Crippen LogP contribution in [0, 0.1) is 6.92 Å². The number of para-hydroxylation sites is 1. The highest BCUT2D eigenvalue weighted by Crippen LogP contribution is 2.21. The summed E-state index contributed by atoms with van der Waals surface area (Å²) in [5.41, 5.74) is 1.95. The van der Waals surface area contributed by atoms with Crippen molar-refractivity contribution in [1.82, 2.24) is 0 Å². The fourth-order valence-corrected chi connectivity index (χ4v) is 2.13. The molecule has 0 atom stereocenters. The maximum atomic E-state index is 11.3. The van der Waals surface area contributed by atoms with Gasteiger partial charge in [-0.3, -0.25) is 14.7 Å². The van der Waals surface area contributed by atoms with Crippen molar-refractivity contribution >= 4 is 29.0 Å². The van der Waals surface area contributed by atoms with Gasteiger partial charge in [-0.2, -0.15) is 0 Å². The largest absolute Gasteiger partial charge is 0.278 e. The molecular weight excluding hydrogens is 232 g/mol. The van der Waals surface area contributed by atoms with E-state index in [1.165, 1.54) is 11.8 Å². The number of carbonyl (C=O) groups excluding carboxylic acids is 1. The molecule has 0 aliphatic carbocycles. The highest BCUT2D eigenvalue weighted by Gasteiger charge is 2.14. The highest BCUT2D eigenvalue weighted by atomic mass is 32.2. The Morgan fingerprint density at radius 3 is 2.53 bits per heavy atom. The molecule has 0 aliphatic rings. The summed E-state index contributed by atoms with van der Waals surface area (Å²) in [6, 6.07) is 7.96. The van der Waals surface area contributed by atoms with Crippen LogP contribution in [0.3, 0.4) is 0 Å². The molecule has 0 saturated heterocycles. The van der Waals surface area contributed by atoms with Gasteiger partial charge in [-0.15, -0.1) is 0 Å². The van der Waals surface area contributed by atoms with Gasteiger partial charge in [-0.25, -0.2) is 0 Å². The van der Waals surface area contributed by atoms with E-state index in [0.717, 1.165) is 22.8 Å². The van der Waals surface area contributed by atoms with E-state index < -0.39 is 0 Å².